The molecule has 0 aliphatic carbocycles. The number of halogens is 1. The van der Waals surface area contributed by atoms with E-state index < -0.39 is 0 Å². The number of pyridine rings is 1. The van der Waals surface area contributed by atoms with E-state index in [0.717, 1.165) is 10.3 Å². The molecule has 15 heavy (non-hydrogen) atoms. The van der Waals surface area contributed by atoms with E-state index in [-0.39, 0.29) is 0 Å². The molecule has 1 saturated heterocycles. The number of hydrogen-bond acceptors (Lipinski definition) is 3. The van der Waals surface area contributed by atoms with Crippen molar-refractivity contribution in [2.24, 2.45) is 0 Å². The van der Waals surface area contributed by atoms with Crippen LogP contribution in [0.25, 0.3) is 0 Å². The zero-order chi connectivity index (χ0) is 11.1. The number of anilines is 1. The van der Waals surface area contributed by atoms with Crippen molar-refractivity contribution in [3.05, 3.63) is 22.3 Å². The molecule has 1 atom stereocenters. The summed E-state index contributed by atoms with van der Waals surface area (Å²) in [4.78, 5) is 4.36. The standard InChI is InChI=1S/C11H15BrN2S/c1-7-4-10(13-5-8(7)12)14-9-6-15-11(9,2)3/h4-5,9H,6H2,1-3H3,(H,13,14). The molecule has 2 rings (SSSR count). The second-order valence-electron chi connectivity index (χ2n) is 4.43. The van der Waals surface area contributed by atoms with Crippen molar-refractivity contribution in [1.29, 1.82) is 0 Å². The quantitative estimate of drug-likeness (QED) is 0.901. The number of aryl methyl sites for hydroxylation is 1. The second-order valence-corrected chi connectivity index (χ2v) is 6.96. The van der Waals surface area contributed by atoms with Gasteiger partial charge in [-0.1, -0.05) is 0 Å². The highest BCUT2D eigenvalue weighted by Crippen LogP contribution is 2.41. The molecule has 2 nitrogen and oxygen atoms in total. The van der Waals surface area contributed by atoms with Crippen molar-refractivity contribution >= 4 is 33.5 Å². The first kappa shape index (κ1) is 11.3. The summed E-state index contributed by atoms with van der Waals surface area (Å²) < 4.78 is 1.40. The van der Waals surface area contributed by atoms with Gasteiger partial charge in [-0.25, -0.2) is 4.98 Å². The third-order valence-electron chi connectivity index (χ3n) is 2.83. The first-order chi connectivity index (χ1) is 6.99. The summed E-state index contributed by atoms with van der Waals surface area (Å²) in [6.07, 6.45) is 1.86. The Bertz CT molecular complexity index is 379. The van der Waals surface area contributed by atoms with Crippen molar-refractivity contribution < 1.29 is 0 Å². The van der Waals surface area contributed by atoms with Crippen molar-refractivity contribution in [2.75, 3.05) is 11.1 Å². The van der Waals surface area contributed by atoms with E-state index in [1.54, 1.807) is 0 Å². The highest BCUT2D eigenvalue weighted by atomic mass is 79.9. The Morgan fingerprint density at radius 3 is 2.80 bits per heavy atom. The van der Waals surface area contributed by atoms with Crippen LogP contribution in [-0.2, 0) is 0 Å². The number of nitrogens with one attached hydrogen (secondary N) is 1. The van der Waals surface area contributed by atoms with Gasteiger partial charge in [0.05, 0.1) is 6.04 Å². The van der Waals surface area contributed by atoms with Gasteiger partial charge in [-0.15, -0.1) is 0 Å². The predicted octanol–water partition coefficient (Wildman–Crippen LogP) is 3.46. The number of thioether (sulfide) groups is 1. The Balaban J connectivity index is 2.08. The van der Waals surface area contributed by atoms with E-state index in [1.807, 2.05) is 18.0 Å². The van der Waals surface area contributed by atoms with Crippen LogP contribution < -0.4 is 5.32 Å². The summed E-state index contributed by atoms with van der Waals surface area (Å²) in [5.41, 5.74) is 1.22. The average molecular weight is 287 g/mol. The molecule has 4 heteroatoms. The first-order valence-corrected chi connectivity index (χ1v) is 6.79. The van der Waals surface area contributed by atoms with E-state index in [9.17, 15) is 0 Å². The molecule has 1 aliphatic heterocycles. The number of rotatable bonds is 2. The Kier molecular flexibility index (Phi) is 2.99. The molecule has 82 valence electrons. The normalized spacial score (nSPS) is 23.3. The van der Waals surface area contributed by atoms with Gasteiger partial charge in [0.2, 0.25) is 0 Å². The molecule has 0 amide bonds. The van der Waals surface area contributed by atoms with Crippen LogP contribution in [0.5, 0.6) is 0 Å². The Hall–Kier alpha value is -0.220. The maximum Gasteiger partial charge on any atom is 0.126 e. The predicted molar refractivity (Wildman–Crippen MR) is 70.6 cm³/mol. The molecular weight excluding hydrogens is 272 g/mol. The minimum atomic E-state index is 0.336. The fraction of sp³-hybridized carbons (Fsp3) is 0.545. The third kappa shape index (κ3) is 2.31. The first-order valence-electron chi connectivity index (χ1n) is 5.02. The van der Waals surface area contributed by atoms with Crippen LogP contribution >= 0.6 is 27.7 Å². The summed E-state index contributed by atoms with van der Waals surface area (Å²) >= 11 is 5.45. The van der Waals surface area contributed by atoms with Gasteiger partial charge in [0.25, 0.3) is 0 Å². The topological polar surface area (TPSA) is 24.9 Å². The summed E-state index contributed by atoms with van der Waals surface area (Å²) in [6.45, 7) is 6.62. The van der Waals surface area contributed by atoms with Crippen LogP contribution in [-0.4, -0.2) is 21.5 Å². The molecule has 1 aliphatic rings. The van der Waals surface area contributed by atoms with E-state index in [1.165, 1.54) is 11.3 Å². The maximum atomic E-state index is 4.36. The van der Waals surface area contributed by atoms with Gasteiger partial charge >= 0.3 is 0 Å². The van der Waals surface area contributed by atoms with Crippen molar-refractivity contribution in [3.8, 4) is 0 Å². The van der Waals surface area contributed by atoms with Gasteiger partial charge in [0.15, 0.2) is 0 Å². The fourth-order valence-electron chi connectivity index (χ4n) is 1.51. The van der Waals surface area contributed by atoms with Crippen LogP contribution in [0, 0.1) is 6.92 Å². The smallest absolute Gasteiger partial charge is 0.126 e. The number of aromatic nitrogens is 1. The van der Waals surface area contributed by atoms with Crippen LogP contribution in [0.15, 0.2) is 16.7 Å². The largest absolute Gasteiger partial charge is 0.365 e. The van der Waals surface area contributed by atoms with Gasteiger partial charge in [-0.05, 0) is 48.3 Å². The van der Waals surface area contributed by atoms with Crippen LogP contribution in [0.4, 0.5) is 5.82 Å². The SMILES string of the molecule is Cc1cc(NC2CSC2(C)C)ncc1Br. The molecule has 1 N–H and O–H groups in total. The summed E-state index contributed by atoms with van der Waals surface area (Å²) in [7, 11) is 0. The zero-order valence-electron chi connectivity index (χ0n) is 9.17. The van der Waals surface area contributed by atoms with Crippen LogP contribution in [0.1, 0.15) is 19.4 Å². The van der Waals surface area contributed by atoms with Crippen molar-refractivity contribution in [2.45, 2.75) is 31.6 Å². The fourth-order valence-corrected chi connectivity index (χ4v) is 2.87. The van der Waals surface area contributed by atoms with Gasteiger partial charge < -0.3 is 5.32 Å². The summed E-state index contributed by atoms with van der Waals surface area (Å²) in [6, 6.07) is 2.62. The monoisotopic (exact) mass is 286 g/mol. The summed E-state index contributed by atoms with van der Waals surface area (Å²) in [5.74, 6) is 2.15. The molecule has 2 heterocycles. The van der Waals surface area contributed by atoms with Crippen LogP contribution in [0.2, 0.25) is 0 Å². The van der Waals surface area contributed by atoms with Gasteiger partial charge in [0, 0.05) is 21.2 Å². The van der Waals surface area contributed by atoms with Gasteiger partial charge in [0.1, 0.15) is 5.82 Å². The minimum absolute atomic E-state index is 0.336. The molecule has 1 aromatic heterocycles. The highest BCUT2D eigenvalue weighted by Gasteiger charge is 2.39. The second kappa shape index (κ2) is 3.98. The minimum Gasteiger partial charge on any atom is -0.365 e. The van der Waals surface area contributed by atoms with Crippen LogP contribution in [0.3, 0.4) is 0 Å². The molecule has 1 unspecified atom stereocenters. The lowest BCUT2D eigenvalue weighted by Crippen LogP contribution is -2.50. The van der Waals surface area contributed by atoms with E-state index >= 15 is 0 Å². The van der Waals surface area contributed by atoms with E-state index in [0.29, 0.717) is 10.8 Å². The Morgan fingerprint density at radius 2 is 2.33 bits per heavy atom. The van der Waals surface area contributed by atoms with Gasteiger partial charge in [-0.3, -0.25) is 0 Å². The molecule has 0 bridgehead atoms. The number of hydrogen-bond donors (Lipinski definition) is 1. The molecule has 1 fully saturated rings. The van der Waals surface area contributed by atoms with E-state index in [2.05, 4.69) is 53.1 Å². The molecule has 0 aromatic carbocycles. The Labute approximate surface area is 103 Å². The lowest BCUT2D eigenvalue weighted by atomic mass is 10.0. The average Bonchev–Trinajstić information content (AvgIpc) is 2.18. The zero-order valence-corrected chi connectivity index (χ0v) is 11.6. The Morgan fingerprint density at radius 1 is 1.60 bits per heavy atom. The molecule has 1 aromatic rings. The summed E-state index contributed by atoms with van der Waals surface area (Å²) in [5, 5.41) is 3.48. The maximum absolute atomic E-state index is 4.36. The third-order valence-corrected chi connectivity index (χ3v) is 5.19. The molecule has 0 spiro atoms. The lowest BCUT2D eigenvalue weighted by Gasteiger charge is -2.44. The van der Waals surface area contributed by atoms with Gasteiger partial charge in [-0.2, -0.15) is 11.8 Å². The van der Waals surface area contributed by atoms with E-state index in [4.69, 9.17) is 0 Å². The number of nitrogens with zero attached hydrogens (tertiary/aromatic N) is 1. The molecule has 0 saturated carbocycles. The van der Waals surface area contributed by atoms with Crippen molar-refractivity contribution in [1.82, 2.24) is 4.98 Å². The molecule has 0 radical (unpaired) electrons. The molecular formula is C11H15BrN2S. The van der Waals surface area contributed by atoms with Crippen molar-refractivity contribution in [3.63, 3.8) is 0 Å². The highest BCUT2D eigenvalue weighted by molar-refractivity contribution is 9.10. The lowest BCUT2D eigenvalue weighted by molar-refractivity contribution is 0.574.